The van der Waals surface area contributed by atoms with Crippen molar-refractivity contribution in [2.24, 2.45) is 0 Å². The van der Waals surface area contributed by atoms with E-state index in [0.29, 0.717) is 24.2 Å². The van der Waals surface area contributed by atoms with Crippen LogP contribution in [0, 0.1) is 0 Å². The third-order valence-electron chi connectivity index (χ3n) is 4.06. The van der Waals surface area contributed by atoms with Crippen LogP contribution < -0.4 is 4.74 Å². The Kier molecular flexibility index (Phi) is 9.06. The molecule has 0 atom stereocenters. The Morgan fingerprint density at radius 2 is 1.37 bits per heavy atom. The molecule has 0 aliphatic rings. The van der Waals surface area contributed by atoms with Crippen LogP contribution in [-0.2, 0) is 31.9 Å². The van der Waals surface area contributed by atoms with Crippen LogP contribution >= 0.6 is 0 Å². The van der Waals surface area contributed by atoms with Gasteiger partial charge in [-0.3, -0.25) is 0 Å². The van der Waals surface area contributed by atoms with E-state index in [9.17, 15) is 14.4 Å². The van der Waals surface area contributed by atoms with E-state index >= 15 is 0 Å². The Morgan fingerprint density at radius 3 is 1.90 bits per heavy atom. The van der Waals surface area contributed by atoms with Crippen molar-refractivity contribution in [1.82, 2.24) is 0 Å². The maximum Gasteiger partial charge on any atom is 0.343 e. The second-order valence-corrected chi connectivity index (χ2v) is 6.27. The summed E-state index contributed by atoms with van der Waals surface area (Å²) in [6, 6.07) is 13.9. The first kappa shape index (κ1) is 22.6. The molecular formula is C24H24O6. The molecule has 0 spiro atoms. The predicted molar refractivity (Wildman–Crippen MR) is 112 cm³/mol. The minimum atomic E-state index is -0.465. The average molecular weight is 408 g/mol. The summed E-state index contributed by atoms with van der Waals surface area (Å²) in [6.45, 7) is 5.61. The largest absolute Gasteiger partial charge is 0.462 e. The quantitative estimate of drug-likeness (QED) is 0.338. The molecule has 0 unspecified atom stereocenters. The molecular weight excluding hydrogens is 384 g/mol. The van der Waals surface area contributed by atoms with Gasteiger partial charge in [-0.2, -0.15) is 0 Å². The number of ether oxygens (including phenoxy) is 3. The summed E-state index contributed by atoms with van der Waals surface area (Å²) < 4.78 is 15.4. The molecule has 2 aromatic carbocycles. The molecule has 6 nitrogen and oxygen atoms in total. The lowest BCUT2D eigenvalue weighted by Gasteiger charge is -2.07. The van der Waals surface area contributed by atoms with Crippen molar-refractivity contribution in [2.75, 3.05) is 13.2 Å². The molecule has 0 aromatic heterocycles. The number of rotatable bonds is 10. The molecule has 0 fully saturated rings. The summed E-state index contributed by atoms with van der Waals surface area (Å²) in [4.78, 5) is 34.6. The Morgan fingerprint density at radius 1 is 0.833 bits per heavy atom. The standard InChI is InChI=1S/C24H24O6/c1-3-5-23(26)29-17-15-19-8-12-21(13-9-19)30-24(27)20-10-6-18(7-11-20)14-16-28-22(25)4-2/h3-13H,2,14-17H2,1H3/b5-3-. The molecule has 0 amide bonds. The molecule has 0 saturated heterocycles. The van der Waals surface area contributed by atoms with E-state index in [1.54, 1.807) is 49.4 Å². The Labute approximate surface area is 175 Å². The maximum atomic E-state index is 12.3. The van der Waals surface area contributed by atoms with Gasteiger partial charge in [-0.05, 0) is 42.3 Å². The molecule has 0 aliphatic carbocycles. The van der Waals surface area contributed by atoms with Gasteiger partial charge >= 0.3 is 17.9 Å². The number of hydrogen-bond donors (Lipinski definition) is 0. The number of carbonyl (C=O) groups excluding carboxylic acids is 3. The Bertz CT molecular complexity index is 894. The van der Waals surface area contributed by atoms with Gasteiger partial charge < -0.3 is 14.2 Å². The van der Waals surface area contributed by atoms with Crippen LogP contribution in [0.25, 0.3) is 0 Å². The van der Waals surface area contributed by atoms with Gasteiger partial charge in [0.2, 0.25) is 0 Å². The van der Waals surface area contributed by atoms with Gasteiger partial charge in [0.15, 0.2) is 0 Å². The van der Waals surface area contributed by atoms with Crippen LogP contribution in [-0.4, -0.2) is 31.1 Å². The van der Waals surface area contributed by atoms with Gasteiger partial charge in [0.05, 0.1) is 18.8 Å². The highest BCUT2D eigenvalue weighted by Crippen LogP contribution is 2.15. The fourth-order valence-electron chi connectivity index (χ4n) is 2.48. The third-order valence-corrected chi connectivity index (χ3v) is 4.06. The minimum absolute atomic E-state index is 0.246. The summed E-state index contributed by atoms with van der Waals surface area (Å²) in [7, 11) is 0. The zero-order valence-corrected chi connectivity index (χ0v) is 16.8. The van der Waals surface area contributed by atoms with Crippen molar-refractivity contribution < 1.29 is 28.6 Å². The van der Waals surface area contributed by atoms with Gasteiger partial charge in [-0.15, -0.1) is 0 Å². The number of allylic oxidation sites excluding steroid dienone is 1. The van der Waals surface area contributed by atoms with Crippen LogP contribution in [0.4, 0.5) is 0 Å². The van der Waals surface area contributed by atoms with Crippen LogP contribution in [0.2, 0.25) is 0 Å². The minimum Gasteiger partial charge on any atom is -0.462 e. The number of carbonyl (C=O) groups is 3. The molecule has 156 valence electrons. The summed E-state index contributed by atoms with van der Waals surface area (Å²) in [6.07, 6.45) is 5.22. The first-order chi connectivity index (χ1) is 14.5. The maximum absolute atomic E-state index is 12.3. The number of esters is 3. The fourth-order valence-corrected chi connectivity index (χ4v) is 2.48. The van der Waals surface area contributed by atoms with E-state index in [1.807, 2.05) is 12.1 Å². The summed E-state index contributed by atoms with van der Waals surface area (Å²) in [5.74, 6) is -0.870. The van der Waals surface area contributed by atoms with Crippen molar-refractivity contribution >= 4 is 17.9 Å². The van der Waals surface area contributed by atoms with Crippen LogP contribution in [0.15, 0.2) is 73.3 Å². The second kappa shape index (κ2) is 12.0. The topological polar surface area (TPSA) is 78.9 Å². The van der Waals surface area contributed by atoms with Crippen molar-refractivity contribution in [3.63, 3.8) is 0 Å². The molecule has 6 heteroatoms. The van der Waals surface area contributed by atoms with Crippen LogP contribution in [0.1, 0.15) is 28.4 Å². The Balaban J connectivity index is 1.81. The SMILES string of the molecule is C=CC(=O)OCCc1ccc(C(=O)Oc2ccc(CCOC(=O)/C=C\C)cc2)cc1. The van der Waals surface area contributed by atoms with E-state index in [1.165, 1.54) is 6.08 Å². The lowest BCUT2D eigenvalue weighted by Crippen LogP contribution is -2.09. The molecule has 0 radical (unpaired) electrons. The number of benzene rings is 2. The lowest BCUT2D eigenvalue weighted by atomic mass is 10.1. The molecule has 2 rings (SSSR count). The Hall–Kier alpha value is -3.67. The highest BCUT2D eigenvalue weighted by Gasteiger charge is 2.09. The smallest absolute Gasteiger partial charge is 0.343 e. The van der Waals surface area contributed by atoms with E-state index in [2.05, 4.69) is 6.58 Å². The normalized spacial score (nSPS) is 10.4. The van der Waals surface area contributed by atoms with E-state index in [-0.39, 0.29) is 19.2 Å². The van der Waals surface area contributed by atoms with Gasteiger partial charge in [-0.1, -0.05) is 36.9 Å². The van der Waals surface area contributed by atoms with E-state index in [0.717, 1.165) is 17.2 Å². The lowest BCUT2D eigenvalue weighted by molar-refractivity contribution is -0.138. The first-order valence-electron chi connectivity index (χ1n) is 9.50. The summed E-state index contributed by atoms with van der Waals surface area (Å²) in [5, 5.41) is 0. The average Bonchev–Trinajstić information content (AvgIpc) is 2.75. The van der Waals surface area contributed by atoms with Crippen molar-refractivity contribution in [2.45, 2.75) is 19.8 Å². The van der Waals surface area contributed by atoms with Crippen molar-refractivity contribution in [3.05, 3.63) is 90.0 Å². The van der Waals surface area contributed by atoms with Crippen LogP contribution in [0.5, 0.6) is 5.75 Å². The van der Waals surface area contributed by atoms with E-state index < -0.39 is 11.9 Å². The molecule has 2 aromatic rings. The predicted octanol–water partition coefficient (Wildman–Crippen LogP) is 3.84. The van der Waals surface area contributed by atoms with Crippen molar-refractivity contribution in [1.29, 1.82) is 0 Å². The van der Waals surface area contributed by atoms with Gasteiger partial charge in [0, 0.05) is 25.0 Å². The zero-order chi connectivity index (χ0) is 21.8. The zero-order valence-electron chi connectivity index (χ0n) is 16.8. The highest BCUT2D eigenvalue weighted by atomic mass is 16.5. The first-order valence-corrected chi connectivity index (χ1v) is 9.50. The van der Waals surface area contributed by atoms with Gasteiger partial charge in [0.1, 0.15) is 5.75 Å². The molecule has 0 bridgehead atoms. The monoisotopic (exact) mass is 408 g/mol. The molecule has 0 heterocycles. The molecule has 30 heavy (non-hydrogen) atoms. The highest BCUT2D eigenvalue weighted by molar-refractivity contribution is 5.91. The number of hydrogen-bond acceptors (Lipinski definition) is 6. The van der Waals surface area contributed by atoms with E-state index in [4.69, 9.17) is 14.2 Å². The van der Waals surface area contributed by atoms with Crippen molar-refractivity contribution in [3.8, 4) is 5.75 Å². The van der Waals surface area contributed by atoms with Crippen LogP contribution in [0.3, 0.4) is 0 Å². The van der Waals surface area contributed by atoms with Gasteiger partial charge in [0.25, 0.3) is 0 Å². The third kappa shape index (κ3) is 7.75. The molecule has 0 N–H and O–H groups in total. The molecule has 0 saturated carbocycles. The summed E-state index contributed by atoms with van der Waals surface area (Å²) in [5.41, 5.74) is 2.31. The second-order valence-electron chi connectivity index (χ2n) is 6.27. The fraction of sp³-hybridized carbons (Fsp3) is 0.208. The molecule has 0 aliphatic heterocycles. The summed E-state index contributed by atoms with van der Waals surface area (Å²) >= 11 is 0. The van der Waals surface area contributed by atoms with Gasteiger partial charge in [-0.25, -0.2) is 14.4 Å².